The van der Waals surface area contributed by atoms with Crippen molar-refractivity contribution < 1.29 is 9.84 Å². The molecule has 0 amide bonds. The van der Waals surface area contributed by atoms with E-state index < -0.39 is 6.10 Å². The second-order valence-corrected chi connectivity index (χ2v) is 3.53. The van der Waals surface area contributed by atoms with Gasteiger partial charge in [-0.1, -0.05) is 12.1 Å². The molecule has 4 heteroatoms. The Bertz CT molecular complexity index is 360. The van der Waals surface area contributed by atoms with Gasteiger partial charge in [-0.05, 0) is 27.6 Å². The highest BCUT2D eigenvalue weighted by Crippen LogP contribution is 2.32. The van der Waals surface area contributed by atoms with E-state index in [1.54, 1.807) is 25.3 Å². The Balaban J connectivity index is 3.04. The summed E-state index contributed by atoms with van der Waals surface area (Å²) >= 11 is 3.32. The third-order valence-corrected chi connectivity index (χ3v) is 2.71. The number of hydrogen-bond acceptors (Lipinski definition) is 3. The molecule has 0 aromatic heterocycles. The molecule has 0 radical (unpaired) electrons. The maximum absolute atomic E-state index is 9.61. The van der Waals surface area contributed by atoms with Crippen LogP contribution in [0, 0.1) is 11.3 Å². The molecule has 0 bridgehead atoms. The molecule has 1 unspecified atom stereocenters. The Labute approximate surface area is 91.1 Å². The summed E-state index contributed by atoms with van der Waals surface area (Å²) in [5.74, 6) is 0.652. The van der Waals surface area contributed by atoms with Crippen molar-refractivity contribution >= 4 is 15.9 Å². The second kappa shape index (κ2) is 4.99. The van der Waals surface area contributed by atoms with Gasteiger partial charge in [0.05, 0.1) is 30.2 Å². The third kappa shape index (κ3) is 2.25. The summed E-state index contributed by atoms with van der Waals surface area (Å²) in [7, 11) is 1.56. The fourth-order valence-corrected chi connectivity index (χ4v) is 1.83. The fourth-order valence-electron chi connectivity index (χ4n) is 1.14. The van der Waals surface area contributed by atoms with Crippen LogP contribution in [0.25, 0.3) is 0 Å². The predicted molar refractivity (Wildman–Crippen MR) is 55.9 cm³/mol. The first-order chi connectivity index (χ1) is 6.70. The number of rotatable bonds is 3. The van der Waals surface area contributed by atoms with E-state index in [0.717, 1.165) is 0 Å². The van der Waals surface area contributed by atoms with Crippen molar-refractivity contribution in [3.05, 3.63) is 28.2 Å². The number of halogens is 1. The Morgan fingerprint density at radius 3 is 2.93 bits per heavy atom. The van der Waals surface area contributed by atoms with E-state index in [1.807, 2.05) is 6.07 Å². The zero-order valence-corrected chi connectivity index (χ0v) is 9.28. The van der Waals surface area contributed by atoms with Crippen LogP contribution in [-0.4, -0.2) is 12.2 Å². The van der Waals surface area contributed by atoms with Crippen molar-refractivity contribution in [2.24, 2.45) is 0 Å². The van der Waals surface area contributed by atoms with Crippen LogP contribution in [0.2, 0.25) is 0 Å². The van der Waals surface area contributed by atoms with Crippen molar-refractivity contribution in [1.29, 1.82) is 5.26 Å². The fraction of sp³-hybridized carbons (Fsp3) is 0.300. The zero-order chi connectivity index (χ0) is 10.6. The molecular weight excluding hydrogens is 246 g/mol. The van der Waals surface area contributed by atoms with Crippen LogP contribution < -0.4 is 4.74 Å². The average Bonchev–Trinajstić information content (AvgIpc) is 2.18. The van der Waals surface area contributed by atoms with Crippen LogP contribution in [0.15, 0.2) is 22.7 Å². The first-order valence-electron chi connectivity index (χ1n) is 4.08. The molecule has 1 N–H and O–H groups in total. The minimum absolute atomic E-state index is 0.0752. The van der Waals surface area contributed by atoms with Crippen LogP contribution in [0.4, 0.5) is 0 Å². The second-order valence-electron chi connectivity index (χ2n) is 2.74. The molecular formula is C10H10BrNO2. The lowest BCUT2D eigenvalue weighted by Crippen LogP contribution is -1.98. The van der Waals surface area contributed by atoms with Crippen LogP contribution >= 0.6 is 15.9 Å². The van der Waals surface area contributed by atoms with Gasteiger partial charge < -0.3 is 9.84 Å². The quantitative estimate of drug-likeness (QED) is 0.903. The maximum atomic E-state index is 9.61. The molecule has 0 spiro atoms. The van der Waals surface area contributed by atoms with Crippen molar-refractivity contribution in [3.63, 3.8) is 0 Å². The first kappa shape index (κ1) is 11.0. The molecule has 74 valence electrons. The summed E-state index contributed by atoms with van der Waals surface area (Å²) < 4.78 is 5.77. The number of hydrogen-bond donors (Lipinski definition) is 1. The molecule has 1 aromatic rings. The zero-order valence-electron chi connectivity index (χ0n) is 7.70. The van der Waals surface area contributed by atoms with Crippen LogP contribution in [0.5, 0.6) is 5.75 Å². The lowest BCUT2D eigenvalue weighted by atomic mass is 10.1. The van der Waals surface area contributed by atoms with Gasteiger partial charge >= 0.3 is 0 Å². The highest BCUT2D eigenvalue weighted by atomic mass is 79.9. The monoisotopic (exact) mass is 255 g/mol. The van der Waals surface area contributed by atoms with Gasteiger partial charge in [0.15, 0.2) is 0 Å². The summed E-state index contributed by atoms with van der Waals surface area (Å²) in [6.07, 6.45) is -0.698. The Hall–Kier alpha value is -1.05. The summed E-state index contributed by atoms with van der Waals surface area (Å²) in [6, 6.07) is 7.24. The van der Waals surface area contributed by atoms with Crippen molar-refractivity contribution in [2.75, 3.05) is 7.11 Å². The Morgan fingerprint density at radius 1 is 1.64 bits per heavy atom. The van der Waals surface area contributed by atoms with Gasteiger partial charge in [-0.3, -0.25) is 0 Å². The van der Waals surface area contributed by atoms with Gasteiger partial charge in [-0.25, -0.2) is 0 Å². The average molecular weight is 256 g/mol. The van der Waals surface area contributed by atoms with Gasteiger partial charge in [-0.2, -0.15) is 5.26 Å². The summed E-state index contributed by atoms with van der Waals surface area (Å²) in [5, 5.41) is 18.1. The van der Waals surface area contributed by atoms with Crippen LogP contribution in [-0.2, 0) is 0 Å². The molecule has 0 saturated carbocycles. The lowest BCUT2D eigenvalue weighted by molar-refractivity contribution is 0.182. The van der Waals surface area contributed by atoms with E-state index >= 15 is 0 Å². The highest BCUT2D eigenvalue weighted by molar-refractivity contribution is 9.10. The van der Waals surface area contributed by atoms with Crippen molar-refractivity contribution in [1.82, 2.24) is 0 Å². The van der Waals surface area contributed by atoms with Gasteiger partial charge in [0.25, 0.3) is 0 Å². The largest absolute Gasteiger partial charge is 0.496 e. The molecule has 14 heavy (non-hydrogen) atoms. The number of nitriles is 1. The van der Waals surface area contributed by atoms with Gasteiger partial charge in [-0.15, -0.1) is 0 Å². The van der Waals surface area contributed by atoms with Gasteiger partial charge in [0.2, 0.25) is 0 Å². The number of methoxy groups -OCH3 is 1. The maximum Gasteiger partial charge on any atom is 0.133 e. The third-order valence-electron chi connectivity index (χ3n) is 1.86. The van der Waals surface area contributed by atoms with E-state index in [0.29, 0.717) is 15.8 Å². The topological polar surface area (TPSA) is 53.2 Å². The minimum Gasteiger partial charge on any atom is -0.496 e. The molecule has 3 nitrogen and oxygen atoms in total. The van der Waals surface area contributed by atoms with Gasteiger partial charge in [0, 0.05) is 0 Å². The molecule has 1 aromatic carbocycles. The number of aliphatic hydroxyl groups excluding tert-OH is 1. The summed E-state index contributed by atoms with van der Waals surface area (Å²) in [4.78, 5) is 0. The summed E-state index contributed by atoms with van der Waals surface area (Å²) in [6.45, 7) is 0. The number of ether oxygens (including phenoxy) is 1. The normalized spacial score (nSPS) is 11.9. The van der Waals surface area contributed by atoms with Crippen molar-refractivity contribution in [3.8, 4) is 11.8 Å². The minimum atomic E-state index is -0.774. The molecule has 0 aliphatic rings. The van der Waals surface area contributed by atoms with Crippen molar-refractivity contribution in [2.45, 2.75) is 12.5 Å². The number of nitrogens with zero attached hydrogens (tertiary/aromatic N) is 1. The van der Waals surface area contributed by atoms with Crippen LogP contribution in [0.1, 0.15) is 18.1 Å². The first-order valence-corrected chi connectivity index (χ1v) is 4.87. The number of aliphatic hydroxyl groups is 1. The van der Waals surface area contributed by atoms with E-state index in [1.165, 1.54) is 0 Å². The standard InChI is InChI=1S/C10H10BrNO2/c1-14-9-4-2-3-7(10(9)11)8(13)5-6-12/h2-4,8,13H,5H2,1H3. The Kier molecular flexibility index (Phi) is 3.93. The molecule has 1 atom stereocenters. The smallest absolute Gasteiger partial charge is 0.133 e. The van der Waals surface area contributed by atoms with Gasteiger partial charge in [0.1, 0.15) is 5.75 Å². The molecule has 0 aliphatic carbocycles. The summed E-state index contributed by atoms with van der Waals surface area (Å²) in [5.41, 5.74) is 0.672. The Morgan fingerprint density at radius 2 is 2.36 bits per heavy atom. The lowest BCUT2D eigenvalue weighted by Gasteiger charge is -2.11. The molecule has 0 fully saturated rings. The predicted octanol–water partition coefficient (Wildman–Crippen LogP) is 2.40. The van der Waals surface area contributed by atoms with Crippen LogP contribution in [0.3, 0.4) is 0 Å². The molecule has 0 heterocycles. The SMILES string of the molecule is COc1cccc(C(O)CC#N)c1Br. The molecule has 0 saturated heterocycles. The highest BCUT2D eigenvalue weighted by Gasteiger charge is 2.13. The molecule has 1 rings (SSSR count). The van der Waals surface area contributed by atoms with E-state index in [9.17, 15) is 5.11 Å². The van der Waals surface area contributed by atoms with E-state index in [2.05, 4.69) is 15.9 Å². The number of benzene rings is 1. The van der Waals surface area contributed by atoms with E-state index in [4.69, 9.17) is 10.00 Å². The van der Waals surface area contributed by atoms with E-state index in [-0.39, 0.29) is 6.42 Å². The molecule has 0 aliphatic heterocycles.